The van der Waals surface area contributed by atoms with Crippen LogP contribution in [-0.4, -0.2) is 10.7 Å². The minimum atomic E-state index is -0.525. The lowest BCUT2D eigenvalue weighted by Gasteiger charge is -2.44. The smallest absolute Gasteiger partial charge is 0.128 e. The van der Waals surface area contributed by atoms with Crippen LogP contribution in [0.1, 0.15) is 50.7 Å². The first-order chi connectivity index (χ1) is 8.58. The van der Waals surface area contributed by atoms with E-state index in [-0.39, 0.29) is 11.4 Å². The molecule has 3 heteroatoms. The van der Waals surface area contributed by atoms with Gasteiger partial charge in [0.25, 0.3) is 0 Å². The van der Waals surface area contributed by atoms with Crippen molar-refractivity contribution in [2.75, 3.05) is 0 Å². The molecule has 0 amide bonds. The third kappa shape index (κ3) is 2.01. The molecule has 0 aromatic heterocycles. The van der Waals surface area contributed by atoms with E-state index in [0.29, 0.717) is 12.2 Å². The fourth-order valence-corrected chi connectivity index (χ4v) is 3.20. The van der Waals surface area contributed by atoms with E-state index in [9.17, 15) is 9.50 Å². The molecule has 3 rings (SSSR count). The first kappa shape index (κ1) is 12.0. The zero-order valence-corrected chi connectivity index (χ0v) is 10.7. The molecule has 1 atom stereocenters. The zero-order chi connectivity index (χ0) is 12.8. The number of aliphatic hydroxyl groups excluding tert-OH is 1. The summed E-state index contributed by atoms with van der Waals surface area (Å²) < 4.78 is 19.3. The molecule has 0 radical (unpaired) electrons. The summed E-state index contributed by atoms with van der Waals surface area (Å²) in [6.45, 7) is 2.25. The number of aliphatic hydroxyl groups is 1. The average molecular weight is 250 g/mol. The molecule has 0 saturated heterocycles. The summed E-state index contributed by atoms with van der Waals surface area (Å²) in [6.07, 6.45) is 4.28. The van der Waals surface area contributed by atoms with Gasteiger partial charge in [0.1, 0.15) is 17.2 Å². The maximum Gasteiger partial charge on any atom is 0.128 e. The van der Waals surface area contributed by atoms with Crippen molar-refractivity contribution >= 4 is 0 Å². The lowest BCUT2D eigenvalue weighted by atomic mass is 9.74. The Morgan fingerprint density at radius 3 is 2.78 bits per heavy atom. The summed E-state index contributed by atoms with van der Waals surface area (Å²) in [5.74, 6) is 0.954. The molecule has 1 saturated carbocycles. The van der Waals surface area contributed by atoms with Crippen LogP contribution < -0.4 is 4.74 Å². The van der Waals surface area contributed by atoms with Crippen molar-refractivity contribution < 1.29 is 14.2 Å². The second-order valence-electron chi connectivity index (χ2n) is 5.87. The fraction of sp³-hybridized carbons (Fsp3) is 0.600. The second-order valence-corrected chi connectivity index (χ2v) is 5.87. The van der Waals surface area contributed by atoms with E-state index >= 15 is 0 Å². The van der Waals surface area contributed by atoms with Gasteiger partial charge in [-0.25, -0.2) is 4.39 Å². The van der Waals surface area contributed by atoms with E-state index in [0.717, 1.165) is 37.2 Å². The van der Waals surface area contributed by atoms with Crippen LogP contribution in [0.25, 0.3) is 0 Å². The number of benzene rings is 1. The van der Waals surface area contributed by atoms with Crippen LogP contribution in [0.3, 0.4) is 0 Å². The van der Waals surface area contributed by atoms with Gasteiger partial charge in [-0.15, -0.1) is 0 Å². The number of hydrogen-bond acceptors (Lipinski definition) is 2. The van der Waals surface area contributed by atoms with Crippen LogP contribution >= 0.6 is 0 Å². The monoisotopic (exact) mass is 250 g/mol. The van der Waals surface area contributed by atoms with Crippen molar-refractivity contribution in [2.45, 2.75) is 50.7 Å². The van der Waals surface area contributed by atoms with Gasteiger partial charge in [-0.3, -0.25) is 0 Å². The maximum atomic E-state index is 13.3. The van der Waals surface area contributed by atoms with Gasteiger partial charge in [-0.05, 0) is 43.7 Å². The van der Waals surface area contributed by atoms with Gasteiger partial charge in [-0.1, -0.05) is 6.92 Å². The highest BCUT2D eigenvalue weighted by atomic mass is 19.1. The Morgan fingerprint density at radius 1 is 1.33 bits per heavy atom. The summed E-state index contributed by atoms with van der Waals surface area (Å²) in [7, 11) is 0. The summed E-state index contributed by atoms with van der Waals surface area (Å²) in [4.78, 5) is 0. The van der Waals surface area contributed by atoms with Crippen molar-refractivity contribution in [1.29, 1.82) is 0 Å². The van der Waals surface area contributed by atoms with Gasteiger partial charge in [0.05, 0.1) is 6.10 Å². The minimum Gasteiger partial charge on any atom is -0.487 e. The Bertz CT molecular complexity index is 450. The predicted octanol–water partition coefficient (Wildman–Crippen LogP) is 3.59. The van der Waals surface area contributed by atoms with Crippen molar-refractivity contribution in [1.82, 2.24) is 0 Å². The number of ether oxygens (including phenoxy) is 1. The minimum absolute atomic E-state index is 0.271. The zero-order valence-electron chi connectivity index (χ0n) is 10.7. The van der Waals surface area contributed by atoms with Crippen molar-refractivity contribution in [3.05, 3.63) is 29.6 Å². The molecule has 1 aromatic rings. The molecule has 18 heavy (non-hydrogen) atoms. The third-order valence-electron chi connectivity index (χ3n) is 4.41. The first-order valence-corrected chi connectivity index (χ1v) is 6.74. The molecule has 2 nitrogen and oxygen atoms in total. The Morgan fingerprint density at radius 2 is 2.06 bits per heavy atom. The Labute approximate surface area is 107 Å². The molecule has 98 valence electrons. The van der Waals surface area contributed by atoms with Gasteiger partial charge in [0, 0.05) is 18.1 Å². The van der Waals surface area contributed by atoms with E-state index in [2.05, 4.69) is 6.92 Å². The number of halogens is 1. The summed E-state index contributed by atoms with van der Waals surface area (Å²) in [6, 6.07) is 4.41. The largest absolute Gasteiger partial charge is 0.487 e. The Hall–Kier alpha value is -1.09. The highest BCUT2D eigenvalue weighted by Crippen LogP contribution is 2.47. The molecule has 1 aliphatic carbocycles. The van der Waals surface area contributed by atoms with Crippen molar-refractivity contribution in [2.24, 2.45) is 5.92 Å². The Balaban J connectivity index is 1.90. The molecule has 1 aromatic carbocycles. The summed E-state index contributed by atoms with van der Waals surface area (Å²) in [5.41, 5.74) is 0.452. The summed E-state index contributed by atoms with van der Waals surface area (Å²) >= 11 is 0. The lowest BCUT2D eigenvalue weighted by Crippen LogP contribution is -2.44. The molecule has 1 unspecified atom stereocenters. The molecule has 1 aliphatic heterocycles. The number of rotatable bonds is 0. The van der Waals surface area contributed by atoms with Gasteiger partial charge in [0.2, 0.25) is 0 Å². The van der Waals surface area contributed by atoms with E-state index in [1.807, 2.05) is 0 Å². The predicted molar refractivity (Wildman–Crippen MR) is 67.0 cm³/mol. The number of hydrogen-bond donors (Lipinski definition) is 1. The fourth-order valence-electron chi connectivity index (χ4n) is 3.20. The van der Waals surface area contributed by atoms with E-state index in [1.54, 1.807) is 6.07 Å². The normalized spacial score (nSPS) is 35.1. The molecule has 2 aliphatic rings. The molecule has 1 fully saturated rings. The van der Waals surface area contributed by atoms with Crippen LogP contribution in [0.15, 0.2) is 18.2 Å². The topological polar surface area (TPSA) is 29.5 Å². The van der Waals surface area contributed by atoms with Crippen LogP contribution in [-0.2, 0) is 0 Å². The van der Waals surface area contributed by atoms with Crippen LogP contribution in [0.4, 0.5) is 4.39 Å². The highest BCUT2D eigenvalue weighted by molar-refractivity contribution is 5.38. The van der Waals surface area contributed by atoms with Gasteiger partial charge >= 0.3 is 0 Å². The van der Waals surface area contributed by atoms with Crippen LogP contribution in [0.5, 0.6) is 5.75 Å². The van der Waals surface area contributed by atoms with Crippen molar-refractivity contribution in [3.8, 4) is 5.75 Å². The van der Waals surface area contributed by atoms with Crippen LogP contribution in [0, 0.1) is 11.7 Å². The van der Waals surface area contributed by atoms with Crippen molar-refractivity contribution in [3.63, 3.8) is 0 Å². The third-order valence-corrected chi connectivity index (χ3v) is 4.41. The molecule has 1 spiro atoms. The first-order valence-electron chi connectivity index (χ1n) is 6.74. The second kappa shape index (κ2) is 4.23. The Kier molecular flexibility index (Phi) is 2.81. The maximum absolute atomic E-state index is 13.3. The molecule has 1 heterocycles. The highest BCUT2D eigenvalue weighted by Gasteiger charge is 2.42. The molecular formula is C15H19FO2. The number of fused-ring (bicyclic) bond motifs is 1. The van der Waals surface area contributed by atoms with Gasteiger partial charge in [-0.2, -0.15) is 0 Å². The average Bonchev–Trinajstić information content (AvgIpc) is 2.33. The molecule has 0 bridgehead atoms. The van der Waals surface area contributed by atoms with E-state index in [4.69, 9.17) is 4.74 Å². The quantitative estimate of drug-likeness (QED) is 0.762. The molecule has 1 N–H and O–H groups in total. The van der Waals surface area contributed by atoms with E-state index in [1.165, 1.54) is 12.1 Å². The van der Waals surface area contributed by atoms with Crippen LogP contribution in [0.2, 0.25) is 0 Å². The standard InChI is InChI=1S/C15H19FO2/c1-10-4-6-15(7-5-10)9-13(17)12-3-2-11(16)8-14(12)18-15/h2-3,8,10,13,17H,4-7,9H2,1H3. The van der Waals surface area contributed by atoms with E-state index < -0.39 is 6.10 Å². The molecular weight excluding hydrogens is 231 g/mol. The SMILES string of the molecule is CC1CCC2(CC1)CC(O)c1ccc(F)cc1O2. The summed E-state index contributed by atoms with van der Waals surface area (Å²) in [5, 5.41) is 10.2. The van der Waals surface area contributed by atoms with Gasteiger partial charge in [0.15, 0.2) is 0 Å². The van der Waals surface area contributed by atoms with Gasteiger partial charge < -0.3 is 9.84 Å². The lowest BCUT2D eigenvalue weighted by molar-refractivity contribution is -0.0456.